The summed E-state index contributed by atoms with van der Waals surface area (Å²) in [6.07, 6.45) is 3.07. The third-order valence-electron chi connectivity index (χ3n) is 3.87. The Labute approximate surface area is 114 Å². The molecule has 0 saturated heterocycles. The van der Waals surface area contributed by atoms with Crippen molar-refractivity contribution in [1.82, 2.24) is 4.90 Å². The SMILES string of the molecule is CCCN(CCC)C(=O)C(C)(CC(C)C)C(C)C. The van der Waals surface area contributed by atoms with Gasteiger partial charge in [-0.1, -0.05) is 48.5 Å². The van der Waals surface area contributed by atoms with Crippen LogP contribution in [0.1, 0.15) is 67.7 Å². The number of carbonyl (C=O) groups is 1. The second-order valence-electron chi connectivity index (χ2n) is 6.46. The Morgan fingerprint density at radius 3 is 1.78 bits per heavy atom. The van der Waals surface area contributed by atoms with Crippen LogP contribution in [0.4, 0.5) is 0 Å². The number of nitrogens with zero attached hydrogens (tertiary/aromatic N) is 1. The van der Waals surface area contributed by atoms with Crippen molar-refractivity contribution in [3.05, 3.63) is 0 Å². The van der Waals surface area contributed by atoms with Gasteiger partial charge in [0, 0.05) is 18.5 Å². The van der Waals surface area contributed by atoms with Crippen LogP contribution >= 0.6 is 0 Å². The maximum absolute atomic E-state index is 12.8. The van der Waals surface area contributed by atoms with Gasteiger partial charge in [-0.3, -0.25) is 4.79 Å². The molecule has 1 atom stereocenters. The van der Waals surface area contributed by atoms with Crippen LogP contribution in [0.5, 0.6) is 0 Å². The van der Waals surface area contributed by atoms with E-state index in [4.69, 9.17) is 0 Å². The summed E-state index contributed by atoms with van der Waals surface area (Å²) in [6.45, 7) is 17.0. The minimum Gasteiger partial charge on any atom is -0.342 e. The molecule has 0 aromatic rings. The number of amides is 1. The van der Waals surface area contributed by atoms with Crippen molar-refractivity contribution in [2.24, 2.45) is 17.3 Å². The molecule has 2 nitrogen and oxygen atoms in total. The summed E-state index contributed by atoms with van der Waals surface area (Å²) in [5.41, 5.74) is -0.210. The van der Waals surface area contributed by atoms with Crippen molar-refractivity contribution in [3.8, 4) is 0 Å². The smallest absolute Gasteiger partial charge is 0.228 e. The van der Waals surface area contributed by atoms with Gasteiger partial charge in [0.15, 0.2) is 0 Å². The fourth-order valence-electron chi connectivity index (χ4n) is 2.63. The second-order valence-corrected chi connectivity index (χ2v) is 6.46. The third kappa shape index (κ3) is 4.62. The summed E-state index contributed by atoms with van der Waals surface area (Å²) in [5.74, 6) is 1.31. The molecule has 0 bridgehead atoms. The van der Waals surface area contributed by atoms with E-state index in [9.17, 15) is 4.79 Å². The normalized spacial score (nSPS) is 14.9. The first-order chi connectivity index (χ1) is 8.29. The zero-order chi connectivity index (χ0) is 14.3. The van der Waals surface area contributed by atoms with E-state index in [1.807, 2.05) is 0 Å². The Morgan fingerprint density at radius 2 is 1.50 bits per heavy atom. The molecule has 0 aliphatic carbocycles. The van der Waals surface area contributed by atoms with Gasteiger partial charge in [-0.25, -0.2) is 0 Å². The Balaban J connectivity index is 5.02. The molecule has 0 saturated carbocycles. The van der Waals surface area contributed by atoms with Gasteiger partial charge in [-0.2, -0.15) is 0 Å². The molecule has 18 heavy (non-hydrogen) atoms. The summed E-state index contributed by atoms with van der Waals surface area (Å²) in [6, 6.07) is 0. The highest BCUT2D eigenvalue weighted by molar-refractivity contribution is 5.82. The van der Waals surface area contributed by atoms with E-state index in [2.05, 4.69) is 53.4 Å². The van der Waals surface area contributed by atoms with Gasteiger partial charge in [0.05, 0.1) is 0 Å². The van der Waals surface area contributed by atoms with Crippen LogP contribution in [0.15, 0.2) is 0 Å². The third-order valence-corrected chi connectivity index (χ3v) is 3.87. The van der Waals surface area contributed by atoms with Gasteiger partial charge in [-0.15, -0.1) is 0 Å². The largest absolute Gasteiger partial charge is 0.342 e. The average Bonchev–Trinajstić information content (AvgIpc) is 2.26. The van der Waals surface area contributed by atoms with Crippen molar-refractivity contribution in [2.45, 2.75) is 67.7 Å². The predicted molar refractivity (Wildman–Crippen MR) is 79.6 cm³/mol. The Kier molecular flexibility index (Phi) is 7.58. The Morgan fingerprint density at radius 1 is 1.06 bits per heavy atom. The Bertz CT molecular complexity index is 241. The fraction of sp³-hybridized carbons (Fsp3) is 0.938. The number of rotatable bonds is 8. The molecule has 0 radical (unpaired) electrons. The molecular weight excluding hydrogens is 222 g/mol. The molecule has 0 aromatic heterocycles. The van der Waals surface area contributed by atoms with E-state index in [-0.39, 0.29) is 5.41 Å². The van der Waals surface area contributed by atoms with Crippen molar-refractivity contribution in [3.63, 3.8) is 0 Å². The van der Waals surface area contributed by atoms with Crippen LogP contribution in [0.2, 0.25) is 0 Å². The van der Waals surface area contributed by atoms with Crippen LogP contribution in [0.25, 0.3) is 0 Å². The number of carbonyl (C=O) groups excluding carboxylic acids is 1. The molecule has 1 amide bonds. The summed E-state index contributed by atoms with van der Waals surface area (Å²) < 4.78 is 0. The first kappa shape index (κ1) is 17.5. The maximum Gasteiger partial charge on any atom is 0.228 e. The summed E-state index contributed by atoms with van der Waals surface area (Å²) in [4.78, 5) is 14.9. The molecule has 1 unspecified atom stereocenters. The first-order valence-corrected chi connectivity index (χ1v) is 7.58. The molecule has 0 N–H and O–H groups in total. The monoisotopic (exact) mass is 255 g/mol. The van der Waals surface area contributed by atoms with Crippen LogP contribution in [-0.2, 0) is 4.79 Å². The molecule has 108 valence electrons. The van der Waals surface area contributed by atoms with Crippen LogP contribution in [0, 0.1) is 17.3 Å². The van der Waals surface area contributed by atoms with Gasteiger partial charge in [0.2, 0.25) is 5.91 Å². The van der Waals surface area contributed by atoms with Crippen molar-refractivity contribution in [1.29, 1.82) is 0 Å². The maximum atomic E-state index is 12.8. The lowest BCUT2D eigenvalue weighted by atomic mass is 9.72. The molecule has 0 rings (SSSR count). The average molecular weight is 255 g/mol. The van der Waals surface area contributed by atoms with E-state index in [0.29, 0.717) is 17.7 Å². The Hall–Kier alpha value is -0.530. The predicted octanol–water partition coefficient (Wildman–Crippen LogP) is 4.34. The number of hydrogen-bond donors (Lipinski definition) is 0. The van der Waals surface area contributed by atoms with Crippen LogP contribution in [0.3, 0.4) is 0 Å². The molecule has 0 aliphatic rings. The summed E-state index contributed by atoms with van der Waals surface area (Å²) in [5, 5.41) is 0. The molecule has 0 spiro atoms. The second kappa shape index (κ2) is 7.81. The lowest BCUT2D eigenvalue weighted by Crippen LogP contribution is -2.46. The van der Waals surface area contributed by atoms with Crippen LogP contribution in [-0.4, -0.2) is 23.9 Å². The molecule has 0 aromatic carbocycles. The van der Waals surface area contributed by atoms with Gasteiger partial charge in [0.25, 0.3) is 0 Å². The van der Waals surface area contributed by atoms with Crippen molar-refractivity contribution < 1.29 is 4.79 Å². The van der Waals surface area contributed by atoms with Crippen molar-refractivity contribution >= 4 is 5.91 Å². The highest BCUT2D eigenvalue weighted by atomic mass is 16.2. The minimum absolute atomic E-state index is 0.210. The van der Waals surface area contributed by atoms with Gasteiger partial charge >= 0.3 is 0 Å². The van der Waals surface area contributed by atoms with E-state index in [1.165, 1.54) is 0 Å². The van der Waals surface area contributed by atoms with Gasteiger partial charge in [-0.05, 0) is 31.1 Å². The lowest BCUT2D eigenvalue weighted by molar-refractivity contribution is -0.145. The first-order valence-electron chi connectivity index (χ1n) is 7.58. The van der Waals surface area contributed by atoms with Crippen LogP contribution < -0.4 is 0 Å². The van der Waals surface area contributed by atoms with E-state index < -0.39 is 0 Å². The van der Waals surface area contributed by atoms with Gasteiger partial charge in [0.1, 0.15) is 0 Å². The van der Waals surface area contributed by atoms with E-state index in [0.717, 1.165) is 32.4 Å². The van der Waals surface area contributed by atoms with Gasteiger partial charge < -0.3 is 4.90 Å². The number of hydrogen-bond acceptors (Lipinski definition) is 1. The molecular formula is C16H33NO. The summed E-state index contributed by atoms with van der Waals surface area (Å²) >= 11 is 0. The standard InChI is InChI=1S/C16H33NO/c1-8-10-17(11-9-2)15(18)16(7,14(5)6)12-13(3)4/h13-14H,8-12H2,1-7H3. The fourth-order valence-corrected chi connectivity index (χ4v) is 2.63. The highest BCUT2D eigenvalue weighted by Crippen LogP contribution is 2.36. The van der Waals surface area contributed by atoms with E-state index in [1.54, 1.807) is 0 Å². The molecule has 0 heterocycles. The quantitative estimate of drug-likeness (QED) is 0.631. The molecule has 0 aliphatic heterocycles. The molecule has 0 fully saturated rings. The zero-order valence-electron chi connectivity index (χ0n) is 13.5. The zero-order valence-corrected chi connectivity index (χ0v) is 13.5. The lowest BCUT2D eigenvalue weighted by Gasteiger charge is -2.38. The van der Waals surface area contributed by atoms with E-state index >= 15 is 0 Å². The molecule has 2 heteroatoms. The minimum atomic E-state index is -0.210. The highest BCUT2D eigenvalue weighted by Gasteiger charge is 2.39. The topological polar surface area (TPSA) is 20.3 Å². The summed E-state index contributed by atoms with van der Waals surface area (Å²) in [7, 11) is 0. The van der Waals surface area contributed by atoms with Crippen molar-refractivity contribution in [2.75, 3.05) is 13.1 Å².